The molecule has 0 aromatic heterocycles. The number of nitrogens with one attached hydrogen (secondary N) is 1. The van der Waals surface area contributed by atoms with E-state index < -0.39 is 0 Å². The van der Waals surface area contributed by atoms with E-state index in [1.54, 1.807) is 11.8 Å². The highest BCUT2D eigenvalue weighted by molar-refractivity contribution is 7.99. The van der Waals surface area contributed by atoms with Crippen LogP contribution in [0.3, 0.4) is 0 Å². The number of hydrogen-bond donors (Lipinski definition) is 2. The summed E-state index contributed by atoms with van der Waals surface area (Å²) in [6, 6.07) is 18.0. The number of aryl methyl sites for hydroxylation is 1. The van der Waals surface area contributed by atoms with E-state index in [1.165, 1.54) is 5.56 Å². The maximum Gasteiger partial charge on any atom is 0.242 e. The first kappa shape index (κ1) is 14.6. The first-order chi connectivity index (χ1) is 9.70. The lowest BCUT2D eigenvalue weighted by molar-refractivity contribution is -0.122. The third-order valence-corrected chi connectivity index (χ3v) is 4.20. The highest BCUT2D eigenvalue weighted by atomic mass is 32.2. The molecule has 1 atom stereocenters. The van der Waals surface area contributed by atoms with Gasteiger partial charge in [0.05, 0.1) is 5.92 Å². The molecule has 0 fully saturated rings. The molecule has 0 bridgehead atoms. The van der Waals surface area contributed by atoms with Crippen molar-refractivity contribution in [3.63, 3.8) is 0 Å². The van der Waals surface area contributed by atoms with Gasteiger partial charge in [-0.25, -0.2) is 5.84 Å². The van der Waals surface area contributed by atoms with Crippen molar-refractivity contribution in [3.05, 3.63) is 65.7 Å². The fourth-order valence-electron chi connectivity index (χ4n) is 1.92. The average Bonchev–Trinajstić information content (AvgIpc) is 2.50. The maximum atomic E-state index is 11.9. The molecule has 0 radical (unpaired) electrons. The van der Waals surface area contributed by atoms with E-state index in [-0.39, 0.29) is 11.8 Å². The molecule has 3 N–H and O–H groups in total. The molecule has 4 heteroatoms. The van der Waals surface area contributed by atoms with Crippen LogP contribution in [0.15, 0.2) is 59.5 Å². The average molecular weight is 286 g/mol. The predicted octanol–water partition coefficient (Wildman–Crippen LogP) is 2.86. The fraction of sp³-hybridized carbons (Fsp3) is 0.188. The Labute approximate surface area is 123 Å². The largest absolute Gasteiger partial charge is 0.294 e. The van der Waals surface area contributed by atoms with Crippen molar-refractivity contribution in [1.29, 1.82) is 0 Å². The van der Waals surface area contributed by atoms with Gasteiger partial charge in [-0.15, -0.1) is 11.8 Å². The second-order valence-electron chi connectivity index (χ2n) is 4.60. The summed E-state index contributed by atoms with van der Waals surface area (Å²) >= 11 is 1.66. The number of nitrogens with two attached hydrogens (primary N) is 1. The number of thioether (sulfide) groups is 1. The van der Waals surface area contributed by atoms with Gasteiger partial charge in [0.2, 0.25) is 5.91 Å². The van der Waals surface area contributed by atoms with Gasteiger partial charge in [0.15, 0.2) is 0 Å². The molecule has 0 aliphatic rings. The number of benzene rings is 2. The molecular formula is C16H18N2OS. The molecule has 1 unspecified atom stereocenters. The van der Waals surface area contributed by atoms with E-state index in [9.17, 15) is 4.79 Å². The Morgan fingerprint density at radius 1 is 1.15 bits per heavy atom. The van der Waals surface area contributed by atoms with Gasteiger partial charge in [-0.3, -0.25) is 10.2 Å². The molecule has 2 rings (SSSR count). The molecule has 0 saturated heterocycles. The molecule has 1 amide bonds. The quantitative estimate of drug-likeness (QED) is 0.384. The first-order valence-electron chi connectivity index (χ1n) is 6.45. The van der Waals surface area contributed by atoms with Crippen molar-refractivity contribution < 1.29 is 4.79 Å². The standard InChI is InChI=1S/C16H18N2OS/c1-12-7-9-14(10-8-12)20-11-15(16(19)18-17)13-5-3-2-4-6-13/h2-10,15H,11,17H2,1H3,(H,18,19). The Bertz CT molecular complexity index is 554. The fourth-order valence-corrected chi connectivity index (χ4v) is 2.95. The van der Waals surface area contributed by atoms with E-state index in [4.69, 9.17) is 5.84 Å². The van der Waals surface area contributed by atoms with Gasteiger partial charge < -0.3 is 0 Å². The lowest BCUT2D eigenvalue weighted by Crippen LogP contribution is -2.35. The summed E-state index contributed by atoms with van der Waals surface area (Å²) in [5.41, 5.74) is 4.47. The number of carbonyl (C=O) groups excluding carboxylic acids is 1. The summed E-state index contributed by atoms with van der Waals surface area (Å²) in [6.07, 6.45) is 0. The van der Waals surface area contributed by atoms with Crippen LogP contribution < -0.4 is 11.3 Å². The second kappa shape index (κ2) is 7.12. The summed E-state index contributed by atoms with van der Waals surface area (Å²) in [5.74, 6) is 5.55. The summed E-state index contributed by atoms with van der Waals surface area (Å²) in [5, 5.41) is 0. The zero-order valence-corrected chi connectivity index (χ0v) is 12.2. The van der Waals surface area contributed by atoms with Gasteiger partial charge in [-0.2, -0.15) is 0 Å². The van der Waals surface area contributed by atoms with Crippen LogP contribution in [0.25, 0.3) is 0 Å². The lowest BCUT2D eigenvalue weighted by atomic mass is 10.0. The number of amides is 1. The number of hydrogen-bond acceptors (Lipinski definition) is 3. The van der Waals surface area contributed by atoms with Crippen molar-refractivity contribution in [3.8, 4) is 0 Å². The minimum absolute atomic E-state index is 0.157. The third-order valence-electron chi connectivity index (χ3n) is 3.10. The Morgan fingerprint density at radius 2 is 1.80 bits per heavy atom. The van der Waals surface area contributed by atoms with Crippen LogP contribution >= 0.6 is 11.8 Å². The topological polar surface area (TPSA) is 55.1 Å². The molecule has 0 spiro atoms. The highest BCUT2D eigenvalue weighted by Gasteiger charge is 2.19. The van der Waals surface area contributed by atoms with E-state index in [0.29, 0.717) is 5.75 Å². The number of carbonyl (C=O) groups is 1. The zero-order valence-electron chi connectivity index (χ0n) is 11.4. The summed E-state index contributed by atoms with van der Waals surface area (Å²) in [4.78, 5) is 13.1. The summed E-state index contributed by atoms with van der Waals surface area (Å²) < 4.78 is 0. The van der Waals surface area contributed by atoms with Gasteiger partial charge in [-0.1, -0.05) is 48.0 Å². The van der Waals surface area contributed by atoms with Crippen LogP contribution in [0.2, 0.25) is 0 Å². The van der Waals surface area contributed by atoms with Gasteiger partial charge in [0.1, 0.15) is 0 Å². The van der Waals surface area contributed by atoms with E-state index >= 15 is 0 Å². The Morgan fingerprint density at radius 3 is 2.40 bits per heavy atom. The van der Waals surface area contributed by atoms with Crippen LogP contribution in [0.4, 0.5) is 0 Å². The monoisotopic (exact) mass is 286 g/mol. The van der Waals surface area contributed by atoms with E-state index in [2.05, 4.69) is 36.6 Å². The van der Waals surface area contributed by atoms with Crippen molar-refractivity contribution in [1.82, 2.24) is 5.43 Å². The second-order valence-corrected chi connectivity index (χ2v) is 5.69. The molecule has 0 saturated carbocycles. The number of rotatable bonds is 5. The number of hydrazine groups is 1. The van der Waals surface area contributed by atoms with Crippen molar-refractivity contribution in [2.24, 2.45) is 5.84 Å². The van der Waals surface area contributed by atoms with E-state index in [1.807, 2.05) is 30.3 Å². The molecule has 2 aromatic carbocycles. The molecule has 2 aromatic rings. The zero-order chi connectivity index (χ0) is 14.4. The maximum absolute atomic E-state index is 11.9. The van der Waals surface area contributed by atoms with Crippen LogP contribution in [0.5, 0.6) is 0 Å². The molecular weight excluding hydrogens is 268 g/mol. The van der Waals surface area contributed by atoms with Gasteiger partial charge >= 0.3 is 0 Å². The third kappa shape index (κ3) is 3.85. The van der Waals surface area contributed by atoms with Gasteiger partial charge in [0.25, 0.3) is 0 Å². The summed E-state index contributed by atoms with van der Waals surface area (Å²) in [6.45, 7) is 2.06. The molecule has 104 valence electrons. The Kier molecular flexibility index (Phi) is 5.21. The lowest BCUT2D eigenvalue weighted by Gasteiger charge is -2.15. The first-order valence-corrected chi connectivity index (χ1v) is 7.44. The predicted molar refractivity (Wildman–Crippen MR) is 83.4 cm³/mol. The minimum Gasteiger partial charge on any atom is -0.294 e. The molecule has 0 aliphatic carbocycles. The van der Waals surface area contributed by atoms with Crippen LogP contribution in [-0.2, 0) is 4.79 Å². The van der Waals surface area contributed by atoms with Gasteiger partial charge in [0, 0.05) is 10.6 Å². The minimum atomic E-state index is -0.243. The Balaban J connectivity index is 2.09. The van der Waals surface area contributed by atoms with Crippen molar-refractivity contribution >= 4 is 17.7 Å². The Hall–Kier alpha value is -1.78. The van der Waals surface area contributed by atoms with Crippen molar-refractivity contribution in [2.75, 3.05) is 5.75 Å². The van der Waals surface area contributed by atoms with Crippen LogP contribution in [0, 0.1) is 6.92 Å². The smallest absolute Gasteiger partial charge is 0.242 e. The molecule has 20 heavy (non-hydrogen) atoms. The van der Waals surface area contributed by atoms with Crippen molar-refractivity contribution in [2.45, 2.75) is 17.7 Å². The van der Waals surface area contributed by atoms with Crippen LogP contribution in [0.1, 0.15) is 17.0 Å². The normalized spacial score (nSPS) is 11.9. The SMILES string of the molecule is Cc1ccc(SCC(C(=O)NN)c2ccccc2)cc1. The molecule has 0 aliphatic heterocycles. The van der Waals surface area contributed by atoms with Gasteiger partial charge in [-0.05, 0) is 24.6 Å². The highest BCUT2D eigenvalue weighted by Crippen LogP contribution is 2.26. The molecule has 0 heterocycles. The van der Waals surface area contributed by atoms with E-state index in [0.717, 1.165) is 10.5 Å². The summed E-state index contributed by atoms with van der Waals surface area (Å²) in [7, 11) is 0. The molecule has 3 nitrogen and oxygen atoms in total. The van der Waals surface area contributed by atoms with Crippen LogP contribution in [-0.4, -0.2) is 11.7 Å².